The molecular weight excluding hydrogens is 460 g/mol. The van der Waals surface area contributed by atoms with E-state index in [0.717, 1.165) is 24.1 Å². The minimum absolute atomic E-state index is 0.107. The molecule has 0 saturated heterocycles. The van der Waals surface area contributed by atoms with Crippen LogP contribution in [0.1, 0.15) is 114 Å². The summed E-state index contributed by atoms with van der Waals surface area (Å²) < 4.78 is 0. The number of phenols is 1. The third-order valence-electron chi connectivity index (χ3n) is 9.54. The van der Waals surface area contributed by atoms with Crippen molar-refractivity contribution >= 4 is 15.9 Å². The van der Waals surface area contributed by atoms with Crippen LogP contribution in [0.3, 0.4) is 0 Å². The molecule has 1 aromatic rings. The second kappa shape index (κ2) is 11.3. The first-order chi connectivity index (χ1) is 15.5. The van der Waals surface area contributed by atoms with Gasteiger partial charge in [-0.3, -0.25) is 0 Å². The maximum absolute atomic E-state index is 11.4. The highest BCUT2D eigenvalue weighted by Gasteiger charge is 2.57. The Morgan fingerprint density at radius 3 is 2.38 bits per heavy atom. The average molecular weight is 506 g/mol. The molecule has 2 saturated carbocycles. The molecule has 3 heteroatoms. The van der Waals surface area contributed by atoms with Crippen LogP contribution < -0.4 is 0 Å². The fourth-order valence-electron chi connectivity index (χ4n) is 7.74. The van der Waals surface area contributed by atoms with E-state index in [1.54, 1.807) is 0 Å². The summed E-state index contributed by atoms with van der Waals surface area (Å²) in [6, 6.07) is 6.06. The summed E-state index contributed by atoms with van der Waals surface area (Å²) in [6.45, 7) is 2.40. The second-order valence-electron chi connectivity index (χ2n) is 11.4. The fourth-order valence-corrected chi connectivity index (χ4v) is 8.13. The number of unbranched alkanes of at least 4 members (excludes halogenated alkanes) is 8. The number of aryl methyl sites for hydroxylation is 1. The first-order valence-electron chi connectivity index (χ1n) is 13.6. The molecule has 4 rings (SSSR count). The van der Waals surface area contributed by atoms with Crippen LogP contribution in [0.25, 0.3) is 0 Å². The molecule has 0 aliphatic heterocycles. The summed E-state index contributed by atoms with van der Waals surface area (Å²) in [5, 5.41) is 22.4. The van der Waals surface area contributed by atoms with Crippen LogP contribution in [0, 0.1) is 23.2 Å². The van der Waals surface area contributed by atoms with Crippen LogP contribution in [0.15, 0.2) is 18.2 Å². The number of aliphatic hydroxyl groups is 1. The van der Waals surface area contributed by atoms with Crippen molar-refractivity contribution in [3.8, 4) is 5.75 Å². The van der Waals surface area contributed by atoms with Gasteiger partial charge in [0.05, 0.1) is 6.10 Å². The Hall–Kier alpha value is -0.540. The quantitative estimate of drug-likeness (QED) is 0.235. The van der Waals surface area contributed by atoms with E-state index in [9.17, 15) is 10.2 Å². The molecule has 180 valence electrons. The van der Waals surface area contributed by atoms with Crippen molar-refractivity contribution in [1.29, 1.82) is 0 Å². The van der Waals surface area contributed by atoms with Crippen LogP contribution in [0.5, 0.6) is 5.75 Å². The van der Waals surface area contributed by atoms with Gasteiger partial charge >= 0.3 is 0 Å². The number of benzene rings is 1. The molecule has 0 aromatic heterocycles. The van der Waals surface area contributed by atoms with E-state index in [1.807, 2.05) is 12.1 Å². The van der Waals surface area contributed by atoms with Gasteiger partial charge in [0.25, 0.3) is 0 Å². The van der Waals surface area contributed by atoms with Gasteiger partial charge in [-0.25, -0.2) is 0 Å². The molecule has 2 N–H and O–H groups in total. The third-order valence-corrected chi connectivity index (χ3v) is 10.1. The van der Waals surface area contributed by atoms with E-state index in [2.05, 4.69) is 28.9 Å². The monoisotopic (exact) mass is 504 g/mol. The highest BCUT2D eigenvalue weighted by atomic mass is 79.9. The molecular formula is C29H45BrO2. The average Bonchev–Trinajstić information content (AvgIpc) is 3.05. The summed E-state index contributed by atoms with van der Waals surface area (Å²) in [5.74, 6) is 2.94. The van der Waals surface area contributed by atoms with Gasteiger partial charge in [-0.2, -0.15) is 0 Å². The number of phenolic OH excluding ortho intramolecular Hbond substituents is 1. The zero-order valence-corrected chi connectivity index (χ0v) is 21.8. The van der Waals surface area contributed by atoms with Gasteiger partial charge in [-0.1, -0.05) is 80.3 Å². The van der Waals surface area contributed by atoms with E-state index in [-0.39, 0.29) is 11.5 Å². The van der Waals surface area contributed by atoms with E-state index >= 15 is 0 Å². The minimum atomic E-state index is -0.107. The Balaban J connectivity index is 1.24. The molecule has 1 unspecified atom stereocenters. The van der Waals surface area contributed by atoms with E-state index in [0.29, 0.717) is 23.5 Å². The SMILES string of the molecule is C[C@]12CC[C@@H]3c4ccc(O)cc4CC[C@H]3[C@@H]1CC(CCCCCCCCCCCBr)[C@@H]2O. The lowest BCUT2D eigenvalue weighted by Gasteiger charge is -2.50. The summed E-state index contributed by atoms with van der Waals surface area (Å²) in [4.78, 5) is 0. The molecule has 2 fully saturated rings. The third kappa shape index (κ3) is 5.24. The van der Waals surface area contributed by atoms with Crippen LogP contribution in [0.2, 0.25) is 0 Å². The van der Waals surface area contributed by atoms with Gasteiger partial charge in [0.2, 0.25) is 0 Å². The number of alkyl halides is 1. The van der Waals surface area contributed by atoms with E-state index in [1.165, 1.54) is 94.6 Å². The number of fused-ring (bicyclic) bond motifs is 5. The standard InChI is InChI=1S/C29H45BrO2/c1-29-17-16-25-24-15-13-23(31)19-21(24)12-14-26(25)27(29)20-22(28(29)32)11-9-7-5-3-2-4-6-8-10-18-30/h13,15,19,22,25-28,31-32H,2-12,14,16-18,20H2,1H3/t22?,25-,26-,27+,28+,29+/m1/s1. The van der Waals surface area contributed by atoms with Crippen molar-refractivity contribution in [2.45, 2.75) is 115 Å². The van der Waals surface area contributed by atoms with Crippen molar-refractivity contribution in [3.63, 3.8) is 0 Å². The van der Waals surface area contributed by atoms with Crippen molar-refractivity contribution < 1.29 is 10.2 Å². The van der Waals surface area contributed by atoms with E-state index in [4.69, 9.17) is 0 Å². The number of halogens is 1. The summed E-state index contributed by atoms with van der Waals surface area (Å²) in [6.07, 6.45) is 19.3. The van der Waals surface area contributed by atoms with Crippen LogP contribution in [-0.4, -0.2) is 21.6 Å². The predicted octanol–water partition coefficient (Wildman–Crippen LogP) is 8.13. The van der Waals surface area contributed by atoms with E-state index < -0.39 is 0 Å². The van der Waals surface area contributed by atoms with Gasteiger partial charge in [0.15, 0.2) is 0 Å². The van der Waals surface area contributed by atoms with Gasteiger partial charge in [-0.05, 0) is 97.3 Å². The first-order valence-corrected chi connectivity index (χ1v) is 14.7. The molecule has 6 atom stereocenters. The molecule has 2 nitrogen and oxygen atoms in total. The lowest BCUT2D eigenvalue weighted by molar-refractivity contribution is -0.0335. The van der Waals surface area contributed by atoms with Crippen LogP contribution in [-0.2, 0) is 6.42 Å². The number of hydrogen-bond donors (Lipinski definition) is 2. The van der Waals surface area contributed by atoms with Crippen molar-refractivity contribution in [3.05, 3.63) is 29.3 Å². The van der Waals surface area contributed by atoms with Crippen LogP contribution in [0.4, 0.5) is 0 Å². The molecule has 0 amide bonds. The molecule has 32 heavy (non-hydrogen) atoms. The molecule has 0 spiro atoms. The molecule has 3 aliphatic rings. The van der Waals surface area contributed by atoms with Gasteiger partial charge in [0, 0.05) is 5.33 Å². The van der Waals surface area contributed by atoms with Crippen molar-refractivity contribution in [2.24, 2.45) is 23.2 Å². The maximum Gasteiger partial charge on any atom is 0.115 e. The molecule has 0 radical (unpaired) electrons. The minimum Gasteiger partial charge on any atom is -0.508 e. The lowest BCUT2D eigenvalue weighted by Crippen LogP contribution is -2.44. The Morgan fingerprint density at radius 1 is 0.969 bits per heavy atom. The summed E-state index contributed by atoms with van der Waals surface area (Å²) >= 11 is 3.52. The number of aromatic hydroxyl groups is 1. The fraction of sp³-hybridized carbons (Fsp3) is 0.793. The Labute approximate surface area is 204 Å². The van der Waals surface area contributed by atoms with Gasteiger partial charge in [0.1, 0.15) is 5.75 Å². The molecule has 3 aliphatic carbocycles. The summed E-state index contributed by atoms with van der Waals surface area (Å²) in [5.41, 5.74) is 2.98. The molecule has 0 bridgehead atoms. The lowest BCUT2D eigenvalue weighted by atomic mass is 9.55. The van der Waals surface area contributed by atoms with Gasteiger partial charge in [-0.15, -0.1) is 0 Å². The molecule has 0 heterocycles. The van der Waals surface area contributed by atoms with Gasteiger partial charge < -0.3 is 10.2 Å². The van der Waals surface area contributed by atoms with Crippen molar-refractivity contribution in [2.75, 3.05) is 5.33 Å². The smallest absolute Gasteiger partial charge is 0.115 e. The second-order valence-corrected chi connectivity index (χ2v) is 12.2. The topological polar surface area (TPSA) is 40.5 Å². The molecule has 1 aromatic carbocycles. The predicted molar refractivity (Wildman–Crippen MR) is 138 cm³/mol. The number of aliphatic hydroxyl groups excluding tert-OH is 1. The Kier molecular flexibility index (Phi) is 8.65. The maximum atomic E-state index is 11.4. The van der Waals surface area contributed by atoms with Crippen LogP contribution >= 0.6 is 15.9 Å². The number of rotatable bonds is 11. The first kappa shape index (κ1) is 24.6. The highest BCUT2D eigenvalue weighted by Crippen LogP contribution is 2.62. The normalized spacial score (nSPS) is 33.5. The van der Waals surface area contributed by atoms with Crippen molar-refractivity contribution in [1.82, 2.24) is 0 Å². The largest absolute Gasteiger partial charge is 0.508 e. The summed E-state index contributed by atoms with van der Waals surface area (Å²) in [7, 11) is 0. The highest BCUT2D eigenvalue weighted by molar-refractivity contribution is 9.09. The zero-order valence-electron chi connectivity index (χ0n) is 20.2. The Bertz CT molecular complexity index is 734. The number of hydrogen-bond acceptors (Lipinski definition) is 2. The Morgan fingerprint density at radius 2 is 1.66 bits per heavy atom. The zero-order chi connectivity index (χ0) is 22.6.